The molecule has 0 saturated heterocycles. The molecular formula is C14H15N3O3. The van der Waals surface area contributed by atoms with Gasteiger partial charge in [-0.05, 0) is 19.1 Å². The first kappa shape index (κ1) is 12.5. The number of aromatic nitrogens is 2. The molecule has 1 N–H and O–H groups in total. The summed E-state index contributed by atoms with van der Waals surface area (Å²) < 4.78 is 16.2. The molecule has 0 amide bonds. The quantitative estimate of drug-likeness (QED) is 0.841. The molecule has 3 rings (SSSR count). The lowest BCUT2D eigenvalue weighted by atomic mass is 10.3. The molecule has 104 valence electrons. The van der Waals surface area contributed by atoms with Crippen molar-refractivity contribution in [3.05, 3.63) is 36.3 Å². The van der Waals surface area contributed by atoms with E-state index in [2.05, 4.69) is 15.3 Å². The van der Waals surface area contributed by atoms with Crippen LogP contribution in [0.25, 0.3) is 0 Å². The highest BCUT2D eigenvalue weighted by Gasteiger charge is 2.13. The molecule has 6 nitrogen and oxygen atoms in total. The van der Waals surface area contributed by atoms with Crippen LogP contribution >= 0.6 is 0 Å². The zero-order chi connectivity index (χ0) is 13.8. The predicted octanol–water partition coefficient (Wildman–Crippen LogP) is 2.00. The molecule has 0 fully saturated rings. The van der Waals surface area contributed by atoms with Crippen molar-refractivity contribution in [1.82, 2.24) is 9.97 Å². The maximum absolute atomic E-state index is 5.64. The average Bonchev–Trinajstić information content (AvgIpc) is 2.91. The molecule has 6 heteroatoms. The number of nitrogens with zero attached hydrogens (tertiary/aromatic N) is 2. The zero-order valence-corrected chi connectivity index (χ0v) is 11.1. The zero-order valence-electron chi connectivity index (χ0n) is 11.1. The maximum Gasteiger partial charge on any atom is 0.231 e. The van der Waals surface area contributed by atoms with Crippen molar-refractivity contribution >= 4 is 5.82 Å². The second-order valence-corrected chi connectivity index (χ2v) is 4.33. The molecule has 0 radical (unpaired) electrons. The predicted molar refractivity (Wildman–Crippen MR) is 73.3 cm³/mol. The number of nitrogens with one attached hydrogen (secondary N) is 1. The Bertz CT molecular complexity index is 604. The van der Waals surface area contributed by atoms with E-state index in [0.29, 0.717) is 13.2 Å². The van der Waals surface area contributed by atoms with Gasteiger partial charge in [-0.1, -0.05) is 0 Å². The Balaban J connectivity index is 1.48. The Hall–Kier alpha value is -2.50. The summed E-state index contributed by atoms with van der Waals surface area (Å²) in [5.41, 5.74) is 0.930. The smallest absolute Gasteiger partial charge is 0.231 e. The number of fused-ring (bicyclic) bond motifs is 1. The van der Waals surface area contributed by atoms with Gasteiger partial charge in [0.05, 0.1) is 6.54 Å². The largest absolute Gasteiger partial charge is 0.492 e. The van der Waals surface area contributed by atoms with E-state index >= 15 is 0 Å². The highest BCUT2D eigenvalue weighted by atomic mass is 16.7. The van der Waals surface area contributed by atoms with Gasteiger partial charge in [0.25, 0.3) is 0 Å². The summed E-state index contributed by atoms with van der Waals surface area (Å²) in [6.07, 6.45) is 1.54. The molecule has 1 aromatic heterocycles. The van der Waals surface area contributed by atoms with Gasteiger partial charge < -0.3 is 19.5 Å². The third kappa shape index (κ3) is 2.90. The van der Waals surface area contributed by atoms with E-state index < -0.39 is 0 Å². The lowest BCUT2D eigenvalue weighted by Gasteiger charge is -2.08. The standard InChI is InChI=1S/C14H15N3O3/c1-10-6-14(17-8-16-10)15-4-5-18-11-2-3-12-13(7-11)20-9-19-12/h2-3,6-8H,4-5,9H2,1H3,(H,15,16,17). The summed E-state index contributed by atoms with van der Waals surface area (Å²) in [6.45, 7) is 3.39. The molecule has 1 aromatic carbocycles. The molecule has 0 spiro atoms. The van der Waals surface area contributed by atoms with Gasteiger partial charge in [0.1, 0.15) is 24.5 Å². The van der Waals surface area contributed by atoms with Crippen LogP contribution in [-0.2, 0) is 0 Å². The number of benzene rings is 1. The second-order valence-electron chi connectivity index (χ2n) is 4.33. The molecule has 0 atom stereocenters. The van der Waals surface area contributed by atoms with Gasteiger partial charge in [0, 0.05) is 17.8 Å². The number of rotatable bonds is 5. The number of hydrogen-bond donors (Lipinski definition) is 1. The van der Waals surface area contributed by atoms with Crippen LogP contribution in [0.15, 0.2) is 30.6 Å². The maximum atomic E-state index is 5.64. The SMILES string of the molecule is Cc1cc(NCCOc2ccc3c(c2)OCO3)ncn1. The minimum absolute atomic E-state index is 0.271. The molecule has 2 heterocycles. The molecule has 20 heavy (non-hydrogen) atoms. The Labute approximate surface area is 116 Å². The summed E-state index contributed by atoms with van der Waals surface area (Å²) in [6, 6.07) is 7.43. The summed E-state index contributed by atoms with van der Waals surface area (Å²) in [7, 11) is 0. The van der Waals surface area contributed by atoms with Gasteiger partial charge in [0.15, 0.2) is 11.5 Å². The van der Waals surface area contributed by atoms with Gasteiger partial charge in [-0.15, -0.1) is 0 Å². The molecule has 0 saturated carbocycles. The van der Waals surface area contributed by atoms with Gasteiger partial charge in [-0.2, -0.15) is 0 Å². The second kappa shape index (κ2) is 5.64. The number of ether oxygens (including phenoxy) is 3. The van der Waals surface area contributed by atoms with Crippen LogP contribution in [0.2, 0.25) is 0 Å². The molecule has 1 aliphatic rings. The molecular weight excluding hydrogens is 258 g/mol. The van der Waals surface area contributed by atoms with Crippen molar-refractivity contribution in [3.8, 4) is 17.2 Å². The minimum atomic E-state index is 0.271. The fourth-order valence-electron chi connectivity index (χ4n) is 1.87. The highest BCUT2D eigenvalue weighted by Crippen LogP contribution is 2.34. The van der Waals surface area contributed by atoms with E-state index in [9.17, 15) is 0 Å². The number of hydrogen-bond acceptors (Lipinski definition) is 6. The average molecular weight is 273 g/mol. The van der Waals surface area contributed by atoms with Crippen molar-refractivity contribution in [1.29, 1.82) is 0 Å². The molecule has 0 aliphatic carbocycles. The summed E-state index contributed by atoms with van der Waals surface area (Å²) in [5, 5.41) is 3.18. The molecule has 1 aliphatic heterocycles. The van der Waals surface area contributed by atoms with Crippen LogP contribution in [0.4, 0.5) is 5.82 Å². The Morgan fingerprint density at radius 2 is 2.10 bits per heavy atom. The summed E-state index contributed by atoms with van der Waals surface area (Å²) in [5.74, 6) is 3.04. The Morgan fingerprint density at radius 3 is 3.00 bits per heavy atom. The van der Waals surface area contributed by atoms with E-state index in [1.807, 2.05) is 31.2 Å². The van der Waals surface area contributed by atoms with Crippen LogP contribution in [0, 0.1) is 6.92 Å². The van der Waals surface area contributed by atoms with Gasteiger partial charge in [0.2, 0.25) is 6.79 Å². The van der Waals surface area contributed by atoms with Crippen molar-refractivity contribution < 1.29 is 14.2 Å². The van der Waals surface area contributed by atoms with E-state index in [-0.39, 0.29) is 6.79 Å². The monoisotopic (exact) mass is 273 g/mol. The van der Waals surface area contributed by atoms with Crippen LogP contribution in [0.3, 0.4) is 0 Å². The van der Waals surface area contributed by atoms with Crippen molar-refractivity contribution in [2.75, 3.05) is 25.3 Å². The van der Waals surface area contributed by atoms with Crippen molar-refractivity contribution in [2.24, 2.45) is 0 Å². The lowest BCUT2D eigenvalue weighted by molar-refractivity contribution is 0.174. The number of anilines is 1. The first-order valence-electron chi connectivity index (χ1n) is 6.36. The first-order chi connectivity index (χ1) is 9.81. The fraction of sp³-hybridized carbons (Fsp3) is 0.286. The van der Waals surface area contributed by atoms with E-state index in [1.54, 1.807) is 0 Å². The molecule has 0 unspecified atom stereocenters. The normalized spacial score (nSPS) is 12.2. The lowest BCUT2D eigenvalue weighted by Crippen LogP contribution is -2.12. The van der Waals surface area contributed by atoms with Crippen LogP contribution < -0.4 is 19.5 Å². The minimum Gasteiger partial charge on any atom is -0.492 e. The van der Waals surface area contributed by atoms with Gasteiger partial charge in [-0.25, -0.2) is 9.97 Å². The summed E-state index contributed by atoms with van der Waals surface area (Å²) in [4.78, 5) is 8.16. The Morgan fingerprint density at radius 1 is 1.20 bits per heavy atom. The van der Waals surface area contributed by atoms with Crippen LogP contribution in [0.5, 0.6) is 17.2 Å². The van der Waals surface area contributed by atoms with E-state index in [0.717, 1.165) is 28.8 Å². The van der Waals surface area contributed by atoms with Crippen LogP contribution in [-0.4, -0.2) is 29.9 Å². The van der Waals surface area contributed by atoms with E-state index in [4.69, 9.17) is 14.2 Å². The third-order valence-corrected chi connectivity index (χ3v) is 2.82. The number of aryl methyl sites for hydroxylation is 1. The topological polar surface area (TPSA) is 65.5 Å². The van der Waals surface area contributed by atoms with Crippen molar-refractivity contribution in [3.63, 3.8) is 0 Å². The first-order valence-corrected chi connectivity index (χ1v) is 6.36. The third-order valence-electron chi connectivity index (χ3n) is 2.82. The fourth-order valence-corrected chi connectivity index (χ4v) is 1.87. The van der Waals surface area contributed by atoms with E-state index in [1.165, 1.54) is 6.33 Å². The van der Waals surface area contributed by atoms with Crippen molar-refractivity contribution in [2.45, 2.75) is 6.92 Å². The molecule has 0 bridgehead atoms. The van der Waals surface area contributed by atoms with Crippen LogP contribution in [0.1, 0.15) is 5.69 Å². The van der Waals surface area contributed by atoms with Gasteiger partial charge in [-0.3, -0.25) is 0 Å². The Kier molecular flexibility index (Phi) is 3.54. The highest BCUT2D eigenvalue weighted by molar-refractivity contribution is 5.46. The summed E-state index contributed by atoms with van der Waals surface area (Å²) >= 11 is 0. The van der Waals surface area contributed by atoms with Gasteiger partial charge >= 0.3 is 0 Å². The molecule has 2 aromatic rings.